The second-order valence-electron chi connectivity index (χ2n) is 6.67. The molecule has 2 aromatic rings. The number of likely N-dealkylation sites (tertiary alicyclic amines) is 1. The fourth-order valence-electron chi connectivity index (χ4n) is 3.19. The Labute approximate surface area is 151 Å². The number of nitrogens with one attached hydrogen (secondary N) is 1. The maximum absolute atomic E-state index is 13.0. The number of piperidine rings is 1. The van der Waals surface area contributed by atoms with Crippen LogP contribution in [-0.2, 0) is 16.0 Å². The summed E-state index contributed by atoms with van der Waals surface area (Å²) in [6.07, 6.45) is 1.71. The summed E-state index contributed by atoms with van der Waals surface area (Å²) in [5.74, 6) is -0.203. The molecule has 2 amide bonds. The van der Waals surface area contributed by atoms with Crippen molar-refractivity contribution in [3.8, 4) is 0 Å². The van der Waals surface area contributed by atoms with Gasteiger partial charge in [-0.1, -0.05) is 17.3 Å². The van der Waals surface area contributed by atoms with E-state index in [0.717, 1.165) is 18.4 Å². The minimum absolute atomic E-state index is 0.0496. The Morgan fingerprint density at radius 3 is 2.69 bits per heavy atom. The molecule has 1 fully saturated rings. The molecule has 0 bridgehead atoms. The zero-order valence-corrected chi connectivity index (χ0v) is 14.9. The van der Waals surface area contributed by atoms with E-state index in [1.54, 1.807) is 30.9 Å². The van der Waals surface area contributed by atoms with Crippen LogP contribution >= 0.6 is 0 Å². The minimum Gasteiger partial charge on any atom is -0.359 e. The summed E-state index contributed by atoms with van der Waals surface area (Å²) in [5.41, 5.74) is 2.00. The molecule has 26 heavy (non-hydrogen) atoms. The van der Waals surface area contributed by atoms with Crippen molar-refractivity contribution in [3.63, 3.8) is 0 Å². The molecule has 3 rings (SSSR count). The Bertz CT molecular complexity index is 781. The van der Waals surface area contributed by atoms with Crippen molar-refractivity contribution in [3.05, 3.63) is 47.1 Å². The van der Waals surface area contributed by atoms with Gasteiger partial charge in [-0.3, -0.25) is 9.59 Å². The van der Waals surface area contributed by atoms with E-state index >= 15 is 0 Å². The first kappa shape index (κ1) is 18.1. The summed E-state index contributed by atoms with van der Waals surface area (Å²) in [6.45, 7) is 4.53. The van der Waals surface area contributed by atoms with Gasteiger partial charge in [0.25, 0.3) is 0 Å². The van der Waals surface area contributed by atoms with Crippen molar-refractivity contribution in [2.45, 2.75) is 33.1 Å². The van der Waals surface area contributed by atoms with E-state index in [1.165, 1.54) is 12.1 Å². The topological polar surface area (TPSA) is 75.4 Å². The number of nitrogens with zero attached hydrogens (tertiary/aromatic N) is 2. The number of halogens is 1. The Morgan fingerprint density at radius 1 is 1.31 bits per heavy atom. The molecule has 7 heteroatoms. The third-order valence-electron chi connectivity index (χ3n) is 4.70. The molecular formula is C19H22FN3O3. The van der Waals surface area contributed by atoms with Crippen LogP contribution in [0.25, 0.3) is 0 Å². The number of benzene rings is 1. The van der Waals surface area contributed by atoms with Gasteiger partial charge in [0.15, 0.2) is 5.76 Å². The van der Waals surface area contributed by atoms with Crippen LogP contribution in [0.3, 0.4) is 0 Å². The largest absolute Gasteiger partial charge is 0.359 e. The molecule has 1 aromatic carbocycles. The van der Waals surface area contributed by atoms with Gasteiger partial charge in [-0.2, -0.15) is 0 Å². The zero-order valence-electron chi connectivity index (χ0n) is 14.9. The Hall–Kier alpha value is -2.70. The van der Waals surface area contributed by atoms with Crippen molar-refractivity contribution < 1.29 is 18.5 Å². The van der Waals surface area contributed by atoms with Crippen molar-refractivity contribution >= 4 is 17.5 Å². The third kappa shape index (κ3) is 4.09. The molecule has 0 spiro atoms. The fourth-order valence-corrected chi connectivity index (χ4v) is 3.19. The van der Waals surface area contributed by atoms with E-state index < -0.39 is 0 Å². The first-order valence-corrected chi connectivity index (χ1v) is 8.70. The van der Waals surface area contributed by atoms with E-state index in [9.17, 15) is 14.0 Å². The second-order valence-corrected chi connectivity index (χ2v) is 6.67. The lowest BCUT2D eigenvalue weighted by molar-refractivity contribution is -0.133. The predicted octanol–water partition coefficient (Wildman–Crippen LogP) is 2.85. The number of rotatable bonds is 4. The van der Waals surface area contributed by atoms with Gasteiger partial charge in [-0.05, 0) is 44.4 Å². The second kappa shape index (κ2) is 7.68. The van der Waals surface area contributed by atoms with Crippen LogP contribution < -0.4 is 5.32 Å². The number of amides is 2. The molecule has 1 aromatic heterocycles. The summed E-state index contributed by atoms with van der Waals surface area (Å²) >= 11 is 0. The Kier molecular flexibility index (Phi) is 5.35. The average molecular weight is 359 g/mol. The van der Waals surface area contributed by atoms with Crippen LogP contribution in [0.1, 0.15) is 29.9 Å². The van der Waals surface area contributed by atoms with Gasteiger partial charge in [-0.15, -0.1) is 0 Å². The highest BCUT2D eigenvalue weighted by atomic mass is 19.1. The highest BCUT2D eigenvalue weighted by molar-refractivity contribution is 5.94. The number of aromatic nitrogens is 1. The number of carbonyl (C=O) groups is 2. The maximum Gasteiger partial charge on any atom is 0.229 e. The third-order valence-corrected chi connectivity index (χ3v) is 4.70. The van der Waals surface area contributed by atoms with E-state index in [4.69, 9.17) is 4.52 Å². The molecular weight excluding hydrogens is 337 g/mol. The SMILES string of the molecule is Cc1noc(C)c1NC(=O)C1CCCN(C(=O)Cc2ccc(F)cc2)C1. The highest BCUT2D eigenvalue weighted by Crippen LogP contribution is 2.23. The molecule has 1 saturated heterocycles. The Balaban J connectivity index is 1.60. The fraction of sp³-hybridized carbons (Fsp3) is 0.421. The van der Waals surface area contributed by atoms with Gasteiger partial charge in [0.2, 0.25) is 11.8 Å². The molecule has 1 aliphatic rings. The first-order chi connectivity index (χ1) is 12.4. The van der Waals surface area contributed by atoms with Crippen LogP contribution in [0, 0.1) is 25.6 Å². The molecule has 1 atom stereocenters. The van der Waals surface area contributed by atoms with Gasteiger partial charge in [0.1, 0.15) is 17.2 Å². The van der Waals surface area contributed by atoms with Gasteiger partial charge in [-0.25, -0.2) is 4.39 Å². The van der Waals surface area contributed by atoms with Gasteiger partial charge in [0.05, 0.1) is 12.3 Å². The summed E-state index contributed by atoms with van der Waals surface area (Å²) in [4.78, 5) is 26.8. The van der Waals surface area contributed by atoms with Crippen LogP contribution in [0.15, 0.2) is 28.8 Å². The normalized spacial score (nSPS) is 17.2. The van der Waals surface area contributed by atoms with E-state index in [1.807, 2.05) is 0 Å². The van der Waals surface area contributed by atoms with Crippen LogP contribution in [-0.4, -0.2) is 35.0 Å². The molecule has 1 aliphatic heterocycles. The van der Waals surface area contributed by atoms with Crippen molar-refractivity contribution in [1.29, 1.82) is 0 Å². The molecule has 2 heterocycles. The number of hydrogen-bond acceptors (Lipinski definition) is 4. The smallest absolute Gasteiger partial charge is 0.229 e. The number of carbonyl (C=O) groups excluding carboxylic acids is 2. The van der Waals surface area contributed by atoms with Crippen molar-refractivity contribution in [2.24, 2.45) is 5.92 Å². The summed E-state index contributed by atoms with van der Waals surface area (Å²) in [7, 11) is 0. The number of aryl methyl sites for hydroxylation is 2. The molecule has 1 N–H and O–H groups in total. The lowest BCUT2D eigenvalue weighted by Gasteiger charge is -2.32. The zero-order chi connectivity index (χ0) is 18.7. The first-order valence-electron chi connectivity index (χ1n) is 8.70. The maximum atomic E-state index is 13.0. The average Bonchev–Trinajstić information content (AvgIpc) is 2.95. The Morgan fingerprint density at radius 2 is 2.04 bits per heavy atom. The lowest BCUT2D eigenvalue weighted by Crippen LogP contribution is -2.44. The number of anilines is 1. The molecule has 6 nitrogen and oxygen atoms in total. The van der Waals surface area contributed by atoms with Crippen molar-refractivity contribution in [1.82, 2.24) is 10.1 Å². The molecule has 0 aliphatic carbocycles. The molecule has 138 valence electrons. The van der Waals surface area contributed by atoms with Gasteiger partial charge < -0.3 is 14.7 Å². The van der Waals surface area contributed by atoms with Crippen LogP contribution in [0.4, 0.5) is 10.1 Å². The van der Waals surface area contributed by atoms with Gasteiger partial charge in [0, 0.05) is 13.1 Å². The lowest BCUT2D eigenvalue weighted by atomic mass is 9.96. The number of hydrogen-bond donors (Lipinski definition) is 1. The molecule has 1 unspecified atom stereocenters. The van der Waals surface area contributed by atoms with E-state index in [-0.39, 0.29) is 30.0 Å². The minimum atomic E-state index is -0.324. The van der Waals surface area contributed by atoms with Gasteiger partial charge >= 0.3 is 0 Å². The van der Waals surface area contributed by atoms with Crippen LogP contribution in [0.2, 0.25) is 0 Å². The van der Waals surface area contributed by atoms with E-state index in [2.05, 4.69) is 10.5 Å². The summed E-state index contributed by atoms with van der Waals surface area (Å²) in [5, 5.41) is 6.70. The van der Waals surface area contributed by atoms with E-state index in [0.29, 0.717) is 30.2 Å². The van der Waals surface area contributed by atoms with Crippen LogP contribution in [0.5, 0.6) is 0 Å². The van der Waals surface area contributed by atoms with Crippen molar-refractivity contribution in [2.75, 3.05) is 18.4 Å². The predicted molar refractivity (Wildman–Crippen MR) is 94.0 cm³/mol. The molecule has 0 saturated carbocycles. The quantitative estimate of drug-likeness (QED) is 0.911. The summed E-state index contributed by atoms with van der Waals surface area (Å²) in [6, 6.07) is 5.91. The highest BCUT2D eigenvalue weighted by Gasteiger charge is 2.29. The summed E-state index contributed by atoms with van der Waals surface area (Å²) < 4.78 is 18.0. The standard InChI is InChI=1S/C19H22FN3O3/c1-12-18(13(2)26-22-12)21-19(25)15-4-3-9-23(11-15)17(24)10-14-5-7-16(20)8-6-14/h5-8,15H,3-4,9-11H2,1-2H3,(H,21,25). The molecule has 0 radical (unpaired) electrons. The monoisotopic (exact) mass is 359 g/mol.